The first-order chi connectivity index (χ1) is 10.9. The molecule has 1 heterocycles. The number of pyridine rings is 1. The maximum atomic E-state index is 12.5. The van der Waals surface area contributed by atoms with Gasteiger partial charge in [-0.1, -0.05) is 32.0 Å². The second-order valence-electron chi connectivity index (χ2n) is 6.32. The molecule has 0 fully saturated rings. The Balaban J connectivity index is 0.00000288. The molecule has 7 heteroatoms. The van der Waals surface area contributed by atoms with E-state index in [1.165, 1.54) is 0 Å². The van der Waals surface area contributed by atoms with Crippen molar-refractivity contribution in [1.82, 2.24) is 9.88 Å². The van der Waals surface area contributed by atoms with Crippen molar-refractivity contribution in [3.8, 4) is 11.5 Å². The minimum Gasteiger partial charge on any atom is -0.457 e. The first kappa shape index (κ1) is 23.2. The summed E-state index contributed by atoms with van der Waals surface area (Å²) in [5, 5.41) is 0. The molecule has 0 unspecified atom stereocenters. The fourth-order valence-electron chi connectivity index (χ4n) is 2.19. The summed E-state index contributed by atoms with van der Waals surface area (Å²) in [5.74, 6) is 1.15. The molecule has 0 aliphatic rings. The Morgan fingerprint density at radius 3 is 2.40 bits per heavy atom. The lowest BCUT2D eigenvalue weighted by Gasteiger charge is -2.28. The molecule has 1 aromatic heterocycles. The van der Waals surface area contributed by atoms with Gasteiger partial charge in [0.25, 0.3) is 5.91 Å². The number of carbonyl (C=O) groups excluding carboxylic acids is 1. The lowest BCUT2D eigenvalue weighted by molar-refractivity contribution is 0.0734. The number of carbonyl (C=O) groups is 1. The van der Waals surface area contributed by atoms with Crippen molar-refractivity contribution in [2.45, 2.75) is 13.8 Å². The highest BCUT2D eigenvalue weighted by Crippen LogP contribution is 2.22. The van der Waals surface area contributed by atoms with E-state index in [0.29, 0.717) is 24.5 Å². The third-order valence-electron chi connectivity index (χ3n) is 3.49. The van der Waals surface area contributed by atoms with Crippen LogP contribution in [-0.4, -0.2) is 35.9 Å². The Morgan fingerprint density at radius 2 is 1.80 bits per heavy atom. The Bertz CT molecular complexity index is 666. The summed E-state index contributed by atoms with van der Waals surface area (Å²) in [7, 11) is 1.76. The van der Waals surface area contributed by atoms with E-state index in [9.17, 15) is 4.79 Å². The zero-order chi connectivity index (χ0) is 16.9. The Morgan fingerprint density at radius 1 is 1.16 bits per heavy atom. The number of nitrogens with zero attached hydrogens (tertiary/aromatic N) is 2. The maximum absolute atomic E-state index is 12.5. The maximum Gasteiger partial charge on any atom is 0.272 e. The number of rotatable bonds is 6. The van der Waals surface area contributed by atoms with Crippen LogP contribution in [-0.2, 0) is 0 Å². The monoisotopic (exact) mass is 385 g/mol. The predicted octanol–water partition coefficient (Wildman–Crippen LogP) is 3.77. The van der Waals surface area contributed by atoms with Crippen LogP contribution in [0.4, 0.5) is 0 Å². The molecule has 1 aromatic carbocycles. The highest BCUT2D eigenvalue weighted by molar-refractivity contribution is 5.92. The third kappa shape index (κ3) is 6.90. The van der Waals surface area contributed by atoms with Crippen molar-refractivity contribution in [3.05, 3.63) is 54.4 Å². The number of benzene rings is 1. The number of amides is 1. The van der Waals surface area contributed by atoms with Crippen molar-refractivity contribution in [3.63, 3.8) is 0 Å². The van der Waals surface area contributed by atoms with Gasteiger partial charge in [-0.25, -0.2) is 0 Å². The number of hydrogen-bond donors (Lipinski definition) is 1. The first-order valence-electron chi connectivity index (χ1n) is 7.56. The molecule has 25 heavy (non-hydrogen) atoms. The molecule has 0 radical (unpaired) electrons. The number of para-hydroxylation sites is 1. The average Bonchev–Trinajstić information content (AvgIpc) is 2.55. The zero-order valence-corrected chi connectivity index (χ0v) is 16.3. The van der Waals surface area contributed by atoms with Crippen LogP contribution in [0.1, 0.15) is 24.3 Å². The average molecular weight is 386 g/mol. The van der Waals surface area contributed by atoms with Crippen LogP contribution < -0.4 is 10.5 Å². The molecule has 0 spiro atoms. The highest BCUT2D eigenvalue weighted by Gasteiger charge is 2.22. The molecule has 2 rings (SSSR count). The van der Waals surface area contributed by atoms with Gasteiger partial charge in [-0.05, 0) is 30.2 Å². The number of hydrogen-bond acceptors (Lipinski definition) is 4. The lowest BCUT2D eigenvalue weighted by atomic mass is 9.93. The Kier molecular flexibility index (Phi) is 9.49. The van der Waals surface area contributed by atoms with Crippen LogP contribution in [0.3, 0.4) is 0 Å². The van der Waals surface area contributed by atoms with Crippen molar-refractivity contribution in [1.29, 1.82) is 0 Å². The van der Waals surface area contributed by atoms with E-state index < -0.39 is 0 Å². The van der Waals surface area contributed by atoms with Gasteiger partial charge in [-0.3, -0.25) is 9.78 Å². The topological polar surface area (TPSA) is 68.5 Å². The van der Waals surface area contributed by atoms with Gasteiger partial charge in [0.05, 0.1) is 0 Å². The molecule has 138 valence electrons. The highest BCUT2D eigenvalue weighted by atomic mass is 35.5. The third-order valence-corrected chi connectivity index (χ3v) is 3.49. The summed E-state index contributed by atoms with van der Waals surface area (Å²) >= 11 is 0. The number of nitrogens with two attached hydrogens (primary N) is 1. The normalized spacial score (nSPS) is 10.2. The van der Waals surface area contributed by atoms with E-state index in [4.69, 9.17) is 10.5 Å². The van der Waals surface area contributed by atoms with Crippen LogP contribution in [0.2, 0.25) is 0 Å². The van der Waals surface area contributed by atoms with Crippen molar-refractivity contribution in [2.24, 2.45) is 11.1 Å². The van der Waals surface area contributed by atoms with E-state index in [2.05, 4.69) is 4.98 Å². The van der Waals surface area contributed by atoms with Gasteiger partial charge in [0.1, 0.15) is 17.2 Å². The molecule has 0 bridgehead atoms. The predicted molar refractivity (Wildman–Crippen MR) is 105 cm³/mol. The van der Waals surface area contributed by atoms with Crippen LogP contribution in [0.25, 0.3) is 0 Å². The number of ether oxygens (including phenoxy) is 1. The standard InChI is InChI=1S/C18H23N3O2.2ClH/c1-18(2,12-19)13-21(3)17(22)16-11-15(9-10-20-16)23-14-7-5-4-6-8-14;;/h4-11H,12-13,19H2,1-3H3;2*1H. The van der Waals surface area contributed by atoms with E-state index >= 15 is 0 Å². The Hall–Kier alpha value is -1.82. The SMILES string of the molecule is CN(CC(C)(C)CN)C(=O)c1cc(Oc2ccccc2)ccn1.Cl.Cl. The largest absolute Gasteiger partial charge is 0.457 e. The van der Waals surface area contributed by atoms with Gasteiger partial charge < -0.3 is 15.4 Å². The van der Waals surface area contributed by atoms with E-state index in [1.54, 1.807) is 30.3 Å². The smallest absolute Gasteiger partial charge is 0.272 e. The van der Waals surface area contributed by atoms with Gasteiger partial charge in [0.2, 0.25) is 0 Å². The van der Waals surface area contributed by atoms with Crippen LogP contribution in [0.15, 0.2) is 48.7 Å². The molecular formula is C18H25Cl2N3O2. The fraction of sp³-hybridized carbons (Fsp3) is 0.333. The summed E-state index contributed by atoms with van der Waals surface area (Å²) in [6, 6.07) is 12.8. The quantitative estimate of drug-likeness (QED) is 0.821. The molecule has 0 aliphatic heterocycles. The van der Waals surface area contributed by atoms with Gasteiger partial charge in [0, 0.05) is 25.9 Å². The van der Waals surface area contributed by atoms with E-state index in [1.807, 2.05) is 44.2 Å². The second kappa shape index (κ2) is 10.2. The molecule has 0 aliphatic carbocycles. The summed E-state index contributed by atoms with van der Waals surface area (Å²) in [6.07, 6.45) is 1.58. The van der Waals surface area contributed by atoms with Gasteiger partial charge in [-0.15, -0.1) is 24.8 Å². The van der Waals surface area contributed by atoms with Crippen molar-refractivity contribution in [2.75, 3.05) is 20.1 Å². The molecule has 1 amide bonds. The summed E-state index contributed by atoms with van der Waals surface area (Å²) in [4.78, 5) is 18.3. The van der Waals surface area contributed by atoms with Crippen molar-refractivity contribution < 1.29 is 9.53 Å². The van der Waals surface area contributed by atoms with E-state index in [0.717, 1.165) is 5.75 Å². The number of halogens is 2. The van der Waals surface area contributed by atoms with Gasteiger partial charge in [-0.2, -0.15) is 0 Å². The molecule has 5 nitrogen and oxygen atoms in total. The zero-order valence-electron chi connectivity index (χ0n) is 14.6. The molecule has 0 saturated carbocycles. The summed E-state index contributed by atoms with van der Waals surface area (Å²) in [5.41, 5.74) is 5.95. The molecule has 2 N–H and O–H groups in total. The molecule has 2 aromatic rings. The van der Waals surface area contributed by atoms with Crippen molar-refractivity contribution >= 4 is 30.7 Å². The lowest BCUT2D eigenvalue weighted by Crippen LogP contribution is -2.40. The second-order valence-corrected chi connectivity index (χ2v) is 6.32. The number of aromatic nitrogens is 1. The summed E-state index contributed by atoms with van der Waals surface area (Å²) < 4.78 is 5.74. The van der Waals surface area contributed by atoms with Gasteiger partial charge >= 0.3 is 0 Å². The first-order valence-corrected chi connectivity index (χ1v) is 7.56. The van der Waals surface area contributed by atoms with Gasteiger partial charge in [0.15, 0.2) is 0 Å². The molecule has 0 atom stereocenters. The van der Waals surface area contributed by atoms with E-state index in [-0.39, 0.29) is 36.1 Å². The molecule has 0 saturated heterocycles. The Labute approximate surface area is 161 Å². The van der Waals surface area contributed by atoms with Crippen LogP contribution >= 0.6 is 24.8 Å². The van der Waals surface area contributed by atoms with Crippen LogP contribution in [0.5, 0.6) is 11.5 Å². The minimum absolute atomic E-state index is 0. The fourth-order valence-corrected chi connectivity index (χ4v) is 2.19. The minimum atomic E-state index is -0.148. The molecular weight excluding hydrogens is 361 g/mol. The summed E-state index contributed by atoms with van der Waals surface area (Å²) in [6.45, 7) is 5.13. The van der Waals surface area contributed by atoms with Crippen LogP contribution in [0, 0.1) is 5.41 Å².